The predicted octanol–water partition coefficient (Wildman–Crippen LogP) is 2.23. The van der Waals surface area contributed by atoms with Crippen LogP contribution in [0.1, 0.15) is 12.2 Å². The van der Waals surface area contributed by atoms with Crippen molar-refractivity contribution in [2.24, 2.45) is 5.92 Å². The molecular formula is C16H15NO4. The molecule has 0 spiro atoms. The van der Waals surface area contributed by atoms with Crippen molar-refractivity contribution in [2.75, 3.05) is 6.54 Å². The van der Waals surface area contributed by atoms with Gasteiger partial charge in [0.2, 0.25) is 5.91 Å². The summed E-state index contributed by atoms with van der Waals surface area (Å²) in [5.41, 5.74) is 0. The maximum atomic E-state index is 12.1. The fraction of sp³-hybridized carbons (Fsp3) is 0.250. The number of carbonyl (C=O) groups excluding carboxylic acids is 2. The first kappa shape index (κ1) is 13.4. The third-order valence-electron chi connectivity index (χ3n) is 3.44. The summed E-state index contributed by atoms with van der Waals surface area (Å²) in [6, 6.07) is 12.5. The molecule has 3 rings (SSSR count). The van der Waals surface area contributed by atoms with E-state index in [0.717, 1.165) is 0 Å². The van der Waals surface area contributed by atoms with Gasteiger partial charge in [0, 0.05) is 13.0 Å². The number of amides is 1. The van der Waals surface area contributed by atoms with Crippen LogP contribution in [0.5, 0.6) is 5.75 Å². The highest BCUT2D eigenvalue weighted by Crippen LogP contribution is 2.22. The lowest BCUT2D eigenvalue weighted by Crippen LogP contribution is -2.27. The van der Waals surface area contributed by atoms with Crippen LogP contribution >= 0.6 is 0 Å². The molecule has 1 aliphatic heterocycles. The lowest BCUT2D eigenvalue weighted by Gasteiger charge is -2.14. The number of rotatable bonds is 4. The van der Waals surface area contributed by atoms with Crippen molar-refractivity contribution in [1.82, 2.24) is 4.90 Å². The van der Waals surface area contributed by atoms with Gasteiger partial charge in [-0.05, 0) is 24.3 Å². The monoisotopic (exact) mass is 285 g/mol. The summed E-state index contributed by atoms with van der Waals surface area (Å²) >= 11 is 0. The van der Waals surface area contributed by atoms with Crippen molar-refractivity contribution in [3.8, 4) is 5.75 Å². The molecule has 0 N–H and O–H groups in total. The summed E-state index contributed by atoms with van der Waals surface area (Å²) in [6.45, 7) is 0.756. The van der Waals surface area contributed by atoms with Crippen LogP contribution in [0.25, 0.3) is 0 Å². The van der Waals surface area contributed by atoms with Crippen LogP contribution in [0, 0.1) is 5.92 Å². The van der Waals surface area contributed by atoms with E-state index in [1.54, 1.807) is 41.5 Å². The molecule has 2 aromatic rings. The van der Waals surface area contributed by atoms with E-state index in [4.69, 9.17) is 9.15 Å². The number of ether oxygens (including phenoxy) is 1. The zero-order chi connectivity index (χ0) is 14.7. The van der Waals surface area contributed by atoms with Crippen LogP contribution in [-0.2, 0) is 16.1 Å². The standard InChI is InChI=1S/C16H15NO4/c18-15-9-12(10-17(15)11-14-7-4-8-20-14)16(19)21-13-5-2-1-3-6-13/h1-8,12H,9-11H2/t12-/m1/s1. The summed E-state index contributed by atoms with van der Waals surface area (Å²) in [6.07, 6.45) is 1.75. The third-order valence-corrected chi connectivity index (χ3v) is 3.44. The predicted molar refractivity (Wildman–Crippen MR) is 74.3 cm³/mol. The second kappa shape index (κ2) is 5.83. The van der Waals surface area contributed by atoms with Crippen molar-refractivity contribution in [3.05, 3.63) is 54.5 Å². The second-order valence-electron chi connectivity index (χ2n) is 4.99. The average Bonchev–Trinajstić information content (AvgIpc) is 3.11. The largest absolute Gasteiger partial charge is 0.467 e. The van der Waals surface area contributed by atoms with E-state index in [0.29, 0.717) is 24.6 Å². The van der Waals surface area contributed by atoms with Crippen LogP contribution in [0.3, 0.4) is 0 Å². The highest BCUT2D eigenvalue weighted by molar-refractivity contribution is 5.87. The summed E-state index contributed by atoms with van der Waals surface area (Å²) in [5.74, 6) is 0.366. The Kier molecular flexibility index (Phi) is 3.73. The SMILES string of the molecule is O=C(Oc1ccccc1)[C@@H]1CC(=O)N(Cc2ccco2)C1. The smallest absolute Gasteiger partial charge is 0.316 e. The number of nitrogens with zero attached hydrogens (tertiary/aromatic N) is 1. The Balaban J connectivity index is 1.60. The molecule has 0 bridgehead atoms. The third kappa shape index (κ3) is 3.13. The van der Waals surface area contributed by atoms with E-state index in [2.05, 4.69) is 0 Å². The molecule has 0 unspecified atom stereocenters. The molecule has 0 radical (unpaired) electrons. The van der Waals surface area contributed by atoms with Gasteiger partial charge in [-0.2, -0.15) is 0 Å². The summed E-state index contributed by atoms with van der Waals surface area (Å²) in [5, 5.41) is 0. The number of likely N-dealkylation sites (tertiary alicyclic amines) is 1. The normalized spacial score (nSPS) is 18.0. The highest BCUT2D eigenvalue weighted by atomic mass is 16.5. The van der Waals surface area contributed by atoms with Crippen LogP contribution in [0.4, 0.5) is 0 Å². The number of para-hydroxylation sites is 1. The van der Waals surface area contributed by atoms with Crippen molar-refractivity contribution in [2.45, 2.75) is 13.0 Å². The van der Waals surface area contributed by atoms with E-state index in [1.165, 1.54) is 0 Å². The van der Waals surface area contributed by atoms with E-state index in [1.807, 2.05) is 12.1 Å². The zero-order valence-corrected chi connectivity index (χ0v) is 11.4. The van der Waals surface area contributed by atoms with Gasteiger partial charge in [-0.3, -0.25) is 9.59 Å². The van der Waals surface area contributed by atoms with Gasteiger partial charge < -0.3 is 14.1 Å². The Hall–Kier alpha value is -2.56. The second-order valence-corrected chi connectivity index (χ2v) is 4.99. The highest BCUT2D eigenvalue weighted by Gasteiger charge is 2.35. The lowest BCUT2D eigenvalue weighted by atomic mass is 10.1. The summed E-state index contributed by atoms with van der Waals surface area (Å²) in [7, 11) is 0. The molecule has 1 aromatic carbocycles. The number of hydrogen-bond acceptors (Lipinski definition) is 4. The van der Waals surface area contributed by atoms with Gasteiger partial charge in [-0.25, -0.2) is 0 Å². The number of carbonyl (C=O) groups is 2. The summed E-state index contributed by atoms with van der Waals surface area (Å²) in [4.78, 5) is 25.6. The number of esters is 1. The quantitative estimate of drug-likeness (QED) is 0.638. The van der Waals surface area contributed by atoms with Crippen molar-refractivity contribution < 1.29 is 18.7 Å². The van der Waals surface area contributed by atoms with E-state index in [-0.39, 0.29) is 18.3 Å². The van der Waals surface area contributed by atoms with Crippen LogP contribution in [0.15, 0.2) is 53.1 Å². The van der Waals surface area contributed by atoms with E-state index < -0.39 is 5.92 Å². The first-order valence-electron chi connectivity index (χ1n) is 6.79. The maximum Gasteiger partial charge on any atom is 0.316 e. The Morgan fingerprint density at radius 1 is 1.24 bits per heavy atom. The summed E-state index contributed by atoms with van der Waals surface area (Å²) < 4.78 is 10.5. The van der Waals surface area contributed by atoms with Crippen molar-refractivity contribution in [1.29, 1.82) is 0 Å². The lowest BCUT2D eigenvalue weighted by molar-refractivity contribution is -0.139. The van der Waals surface area contributed by atoms with E-state index in [9.17, 15) is 9.59 Å². The molecule has 5 nitrogen and oxygen atoms in total. The fourth-order valence-corrected chi connectivity index (χ4v) is 2.36. The Morgan fingerprint density at radius 2 is 2.05 bits per heavy atom. The van der Waals surface area contributed by atoms with Gasteiger partial charge >= 0.3 is 5.97 Å². The van der Waals surface area contributed by atoms with Gasteiger partial charge in [0.15, 0.2) is 0 Å². The Bertz CT molecular complexity index is 621. The molecule has 21 heavy (non-hydrogen) atoms. The molecule has 1 saturated heterocycles. The van der Waals surface area contributed by atoms with Gasteiger partial charge in [0.05, 0.1) is 18.7 Å². The molecule has 2 heterocycles. The molecule has 5 heteroatoms. The first-order valence-corrected chi connectivity index (χ1v) is 6.79. The zero-order valence-electron chi connectivity index (χ0n) is 11.4. The van der Waals surface area contributed by atoms with Crippen molar-refractivity contribution >= 4 is 11.9 Å². The Labute approximate surface area is 122 Å². The average molecular weight is 285 g/mol. The molecule has 1 aromatic heterocycles. The number of furan rings is 1. The number of hydrogen-bond donors (Lipinski definition) is 0. The van der Waals surface area contributed by atoms with E-state index >= 15 is 0 Å². The molecule has 1 aliphatic rings. The molecule has 0 aliphatic carbocycles. The molecule has 1 amide bonds. The minimum absolute atomic E-state index is 0.0542. The van der Waals surface area contributed by atoms with Crippen LogP contribution < -0.4 is 4.74 Å². The first-order chi connectivity index (χ1) is 10.2. The molecule has 1 atom stereocenters. The fourth-order valence-electron chi connectivity index (χ4n) is 2.36. The Morgan fingerprint density at radius 3 is 2.76 bits per heavy atom. The number of benzene rings is 1. The van der Waals surface area contributed by atoms with Crippen LogP contribution in [-0.4, -0.2) is 23.3 Å². The minimum atomic E-state index is -0.423. The van der Waals surface area contributed by atoms with Gasteiger partial charge in [0.1, 0.15) is 11.5 Å². The molecular weight excluding hydrogens is 270 g/mol. The minimum Gasteiger partial charge on any atom is -0.467 e. The molecule has 108 valence electrons. The van der Waals surface area contributed by atoms with Crippen molar-refractivity contribution in [3.63, 3.8) is 0 Å². The van der Waals surface area contributed by atoms with Gasteiger partial charge in [-0.15, -0.1) is 0 Å². The molecule has 1 fully saturated rings. The van der Waals surface area contributed by atoms with Gasteiger partial charge in [-0.1, -0.05) is 18.2 Å². The van der Waals surface area contributed by atoms with Crippen LogP contribution in [0.2, 0.25) is 0 Å². The molecule has 0 saturated carbocycles. The maximum absolute atomic E-state index is 12.1. The topological polar surface area (TPSA) is 59.8 Å². The van der Waals surface area contributed by atoms with Gasteiger partial charge in [0.25, 0.3) is 0 Å².